The molecular weight excluding hydrogens is 1230 g/mol. The Kier molecular flexibility index (Phi) is 34.5. The molecule has 34 heteroatoms. The number of amides is 4. The van der Waals surface area contributed by atoms with Gasteiger partial charge in [0.2, 0.25) is 30.3 Å². The summed E-state index contributed by atoms with van der Waals surface area (Å²) in [5.41, 5.74) is 0.693. The van der Waals surface area contributed by atoms with Gasteiger partial charge in [-0.15, -0.1) is 0 Å². The topological polar surface area (TPSA) is 508 Å². The summed E-state index contributed by atoms with van der Waals surface area (Å²) < 4.78 is 53.9. The molecule has 0 aliphatic carbocycles. The van der Waals surface area contributed by atoms with E-state index in [1.807, 2.05) is 0 Å². The molecule has 2 aliphatic rings. The predicted molar refractivity (Wildman–Crippen MR) is 308 cm³/mol. The standard InChI is InChI=1S/C58H83N5O29/c1-32(64)86-27-34-8-11-43(90-57-51(76)48(73)42(68)29-88-57)37(24-34)40(66)7-5-17-82-20-22-85-31-46(70)63-39(41(67)26-36(10-13-47(71)72)54(78)61-16-19-89-59)6-3-4-14-60-45(69)30-84-23-21-83-18-15-62-55(79)38-25-35(28-87-33(2)65)9-12-44(38)91-58-52(77)49(74)50(75)53(92-58)56(80)81/h8-9,11-12,24-25,36,39,42,48-53,57-58,68,73-77H,3-7,10,13-23,26-31,59H2,1-2H3,(H,60,69)(H,61,78)(H,62,79)(H,63,70)(H,71,72)(H,80,81)/t36-,39+,42+,48-,49-,50-,51+,52+,53-,57-,58+/m0/s1. The zero-order valence-corrected chi connectivity index (χ0v) is 50.8. The van der Waals surface area contributed by atoms with Gasteiger partial charge in [-0.1, -0.05) is 12.1 Å². The Bertz CT molecular complexity index is 2740. The molecule has 2 saturated heterocycles. The molecule has 4 rings (SSSR count). The smallest absolute Gasteiger partial charge is 0.335 e. The van der Waals surface area contributed by atoms with E-state index in [9.17, 15) is 88.8 Å². The number of nitrogens with one attached hydrogen (secondary N) is 4. The number of Topliss-reactive ketones (excluding diaryl/α,β-unsaturated/α-hetero) is 2. The van der Waals surface area contributed by atoms with Crippen molar-refractivity contribution in [2.24, 2.45) is 11.8 Å². The lowest BCUT2D eigenvalue weighted by molar-refractivity contribution is -0.271. The van der Waals surface area contributed by atoms with Crippen molar-refractivity contribution in [1.29, 1.82) is 0 Å². The predicted octanol–water partition coefficient (Wildman–Crippen LogP) is -3.42. The minimum absolute atomic E-state index is 0.00209. The highest BCUT2D eigenvalue weighted by Crippen LogP contribution is 2.30. The molecule has 2 fully saturated rings. The van der Waals surface area contributed by atoms with Crippen molar-refractivity contribution in [3.63, 3.8) is 0 Å². The second kappa shape index (κ2) is 41.2. The van der Waals surface area contributed by atoms with Gasteiger partial charge in [0, 0.05) is 65.3 Å². The molecule has 0 saturated carbocycles. The average Bonchev–Trinajstić information content (AvgIpc) is 1.49. The summed E-state index contributed by atoms with van der Waals surface area (Å²) in [6, 6.07) is 7.22. The third-order valence-corrected chi connectivity index (χ3v) is 13.7. The fourth-order valence-corrected chi connectivity index (χ4v) is 8.85. The molecule has 14 N–H and O–H groups in total. The number of carbonyl (C=O) groups excluding carboxylic acids is 8. The lowest BCUT2D eigenvalue weighted by Gasteiger charge is -2.38. The van der Waals surface area contributed by atoms with Crippen LogP contribution in [0.5, 0.6) is 11.5 Å². The van der Waals surface area contributed by atoms with Crippen molar-refractivity contribution in [3.05, 3.63) is 58.7 Å². The number of carboxylic acid groups (broad SMARTS) is 2. The number of aliphatic carboxylic acids is 2. The zero-order valence-electron chi connectivity index (χ0n) is 50.8. The lowest BCUT2D eigenvalue weighted by Crippen LogP contribution is -2.61. The van der Waals surface area contributed by atoms with Gasteiger partial charge in [-0.05, 0) is 67.5 Å². The molecule has 4 amide bonds. The summed E-state index contributed by atoms with van der Waals surface area (Å²) in [7, 11) is 0. The van der Waals surface area contributed by atoms with Gasteiger partial charge in [-0.2, -0.15) is 0 Å². The van der Waals surface area contributed by atoms with E-state index in [2.05, 4.69) is 26.1 Å². The van der Waals surface area contributed by atoms with Crippen molar-refractivity contribution in [2.75, 3.05) is 85.7 Å². The number of hydrogen-bond donors (Lipinski definition) is 13. The number of carbonyl (C=O) groups is 10. The van der Waals surface area contributed by atoms with Crippen molar-refractivity contribution < 1.29 is 141 Å². The van der Waals surface area contributed by atoms with E-state index in [0.29, 0.717) is 17.5 Å². The lowest BCUT2D eigenvalue weighted by atomic mass is 9.91. The highest BCUT2D eigenvalue weighted by molar-refractivity contribution is 5.99. The molecule has 2 aromatic rings. The molecule has 2 aromatic carbocycles. The number of rotatable bonds is 44. The summed E-state index contributed by atoms with van der Waals surface area (Å²) in [4.78, 5) is 130. The summed E-state index contributed by atoms with van der Waals surface area (Å²) in [5.74, 6) is -3.86. The third-order valence-electron chi connectivity index (χ3n) is 13.7. The van der Waals surface area contributed by atoms with Gasteiger partial charge in [-0.25, -0.2) is 10.7 Å². The second-order valence-electron chi connectivity index (χ2n) is 21.0. The van der Waals surface area contributed by atoms with Crippen molar-refractivity contribution in [2.45, 2.75) is 140 Å². The van der Waals surface area contributed by atoms with Crippen LogP contribution in [0.4, 0.5) is 0 Å². The maximum Gasteiger partial charge on any atom is 0.335 e. The van der Waals surface area contributed by atoms with Gasteiger partial charge < -0.3 is 114 Å². The van der Waals surface area contributed by atoms with Crippen LogP contribution in [0.2, 0.25) is 0 Å². The summed E-state index contributed by atoms with van der Waals surface area (Å²) in [5, 5.41) is 90.2. The molecule has 11 atom stereocenters. The highest BCUT2D eigenvalue weighted by Gasteiger charge is 2.48. The molecule has 0 radical (unpaired) electrons. The molecular formula is C58H83N5O29. The van der Waals surface area contributed by atoms with Crippen molar-refractivity contribution in [1.82, 2.24) is 21.3 Å². The SMILES string of the molecule is CC(=O)OCc1ccc(O[C@@H]2OC[C@@H](O)[C@H](O)[C@H]2O)c(C(=O)CCCOCCOCC(=O)N[C@H](CCCCNC(=O)COCCOCCNC(=O)c2cc(COC(C)=O)ccc2O[C@@H]2O[C@H](C(=O)O)[C@@H](O)[C@H](O)[C@H]2O)C(=O)C[C@H](CCC(=O)O)C(=O)NCCON)c1. The molecule has 514 valence electrons. The Balaban J connectivity index is 1.20. The summed E-state index contributed by atoms with van der Waals surface area (Å²) in [6.45, 7) is 0.608. The highest BCUT2D eigenvalue weighted by atomic mass is 16.7. The maximum atomic E-state index is 13.8. The second-order valence-corrected chi connectivity index (χ2v) is 21.0. The number of ether oxygens (including phenoxy) is 10. The first-order valence-electron chi connectivity index (χ1n) is 29.4. The van der Waals surface area contributed by atoms with Gasteiger partial charge in [0.25, 0.3) is 5.91 Å². The van der Waals surface area contributed by atoms with Crippen LogP contribution in [0.25, 0.3) is 0 Å². The third kappa shape index (κ3) is 27.4. The molecule has 2 heterocycles. The van der Waals surface area contributed by atoms with Crippen molar-refractivity contribution in [3.8, 4) is 11.5 Å². The monoisotopic (exact) mass is 1310 g/mol. The Morgan fingerprint density at radius 1 is 0.598 bits per heavy atom. The van der Waals surface area contributed by atoms with Crippen molar-refractivity contribution >= 4 is 59.1 Å². The summed E-state index contributed by atoms with van der Waals surface area (Å²) >= 11 is 0. The number of benzene rings is 2. The molecule has 92 heavy (non-hydrogen) atoms. The first-order valence-corrected chi connectivity index (χ1v) is 29.4. The fourth-order valence-electron chi connectivity index (χ4n) is 8.85. The van der Waals surface area contributed by atoms with E-state index in [-0.39, 0.29) is 147 Å². The number of esters is 2. The van der Waals surface area contributed by atoms with Gasteiger partial charge in [0.05, 0.1) is 63.4 Å². The molecule has 0 unspecified atom stereocenters. The van der Waals surface area contributed by atoms with E-state index in [1.54, 1.807) is 0 Å². The van der Waals surface area contributed by atoms with Crippen LogP contribution in [-0.2, 0) is 94.3 Å². The van der Waals surface area contributed by atoms with Crippen LogP contribution in [0.1, 0.15) is 97.1 Å². The molecule has 0 bridgehead atoms. The van der Waals surface area contributed by atoms with E-state index < -0.39 is 146 Å². The number of ketones is 2. The molecule has 2 aliphatic heterocycles. The van der Waals surface area contributed by atoms with Gasteiger partial charge in [0.1, 0.15) is 74.6 Å². The Labute approximate surface area is 527 Å². The minimum atomic E-state index is -1.99. The largest absolute Gasteiger partial charge is 0.481 e. The van der Waals surface area contributed by atoms with Crippen LogP contribution in [-0.4, -0.2) is 247 Å². The normalized spacial score (nSPS) is 20.9. The quantitative estimate of drug-likeness (QED) is 0.0133. The van der Waals surface area contributed by atoms with Crippen LogP contribution in [0.15, 0.2) is 36.4 Å². The van der Waals surface area contributed by atoms with Gasteiger partial charge >= 0.3 is 23.9 Å². The van der Waals surface area contributed by atoms with Crippen LogP contribution < -0.4 is 36.6 Å². The Morgan fingerprint density at radius 2 is 1.18 bits per heavy atom. The van der Waals surface area contributed by atoms with E-state index in [4.69, 9.17) is 53.3 Å². The first-order chi connectivity index (χ1) is 43.9. The number of aliphatic hydroxyl groups excluding tert-OH is 6. The van der Waals surface area contributed by atoms with Gasteiger partial charge in [0.15, 0.2) is 17.7 Å². The minimum Gasteiger partial charge on any atom is -0.481 e. The van der Waals surface area contributed by atoms with E-state index >= 15 is 0 Å². The summed E-state index contributed by atoms with van der Waals surface area (Å²) in [6.07, 6.45) is -16.0. The fraction of sp³-hybridized carbons (Fsp3) is 0.621. The van der Waals surface area contributed by atoms with Crippen LogP contribution >= 0.6 is 0 Å². The van der Waals surface area contributed by atoms with Crippen LogP contribution in [0, 0.1) is 5.92 Å². The Hall–Kier alpha value is -7.42. The number of hydrogen-bond acceptors (Lipinski definition) is 28. The first kappa shape index (κ1) is 77.0. The Morgan fingerprint density at radius 3 is 1.82 bits per heavy atom. The molecule has 0 aromatic heterocycles. The number of nitrogens with two attached hydrogens (primary N) is 1. The number of aliphatic hydroxyl groups is 6. The molecule has 34 nitrogen and oxygen atoms in total. The zero-order chi connectivity index (χ0) is 67.7. The van der Waals surface area contributed by atoms with Gasteiger partial charge in [-0.3, -0.25) is 43.2 Å². The maximum absolute atomic E-state index is 13.8. The van der Waals surface area contributed by atoms with Crippen LogP contribution in [0.3, 0.4) is 0 Å². The van der Waals surface area contributed by atoms with E-state index in [0.717, 1.165) is 0 Å². The number of carboxylic acids is 2. The number of unbranched alkanes of at least 4 members (excludes halogenated alkanes) is 1. The van der Waals surface area contributed by atoms with E-state index in [1.165, 1.54) is 50.2 Å². The average molecular weight is 1310 g/mol. The molecule has 0 spiro atoms.